The summed E-state index contributed by atoms with van der Waals surface area (Å²) in [6.45, 7) is 9.71. The fourth-order valence-corrected chi connectivity index (χ4v) is 2.57. The first-order chi connectivity index (χ1) is 10.3. The Hall–Kier alpha value is -0.700. The molecule has 1 aromatic carbocycles. The van der Waals surface area contributed by atoms with Crippen molar-refractivity contribution in [3.8, 4) is 0 Å². The van der Waals surface area contributed by atoms with Crippen LogP contribution in [0.3, 0.4) is 0 Å². The summed E-state index contributed by atoms with van der Waals surface area (Å²) < 4.78 is 24.6. The fourth-order valence-electron chi connectivity index (χ4n) is 1.67. The zero-order chi connectivity index (χ0) is 16.6. The predicted octanol–water partition coefficient (Wildman–Crippen LogP) is 3.05. The van der Waals surface area contributed by atoms with Gasteiger partial charge in [0.2, 0.25) is 0 Å². The molecule has 0 spiro atoms. The average molecular weight is 455 g/mol. The van der Waals surface area contributed by atoms with Crippen LogP contribution in [-0.4, -0.2) is 33.8 Å². The minimum absolute atomic E-state index is 0. The number of guanidine groups is 1. The van der Waals surface area contributed by atoms with Crippen LogP contribution in [0.2, 0.25) is 0 Å². The first-order valence-electron chi connectivity index (χ1n) is 7.48. The topological polar surface area (TPSA) is 53.5 Å². The molecule has 132 valence electrons. The van der Waals surface area contributed by atoms with Crippen LogP contribution in [0, 0.1) is 5.82 Å². The van der Waals surface area contributed by atoms with Crippen molar-refractivity contribution < 1.29 is 8.60 Å². The van der Waals surface area contributed by atoms with Crippen molar-refractivity contribution in [2.45, 2.75) is 39.0 Å². The van der Waals surface area contributed by atoms with Gasteiger partial charge in [-0.25, -0.2) is 9.38 Å². The Balaban J connectivity index is 0.00000484. The normalized spacial score (nSPS) is 13.2. The SMILES string of the molecule is CCNC(=NCc1ccc(F)cc1)NCCS(=O)C(C)(C)C.I. The van der Waals surface area contributed by atoms with Crippen LogP contribution in [0.15, 0.2) is 29.3 Å². The molecule has 1 unspecified atom stereocenters. The van der Waals surface area contributed by atoms with E-state index >= 15 is 0 Å². The van der Waals surface area contributed by atoms with Gasteiger partial charge in [-0.1, -0.05) is 12.1 Å². The van der Waals surface area contributed by atoms with Crippen LogP contribution in [0.25, 0.3) is 0 Å². The van der Waals surface area contributed by atoms with Gasteiger partial charge < -0.3 is 10.6 Å². The highest BCUT2D eigenvalue weighted by atomic mass is 127. The van der Waals surface area contributed by atoms with Gasteiger partial charge in [0.15, 0.2) is 5.96 Å². The Bertz CT molecular complexity index is 515. The van der Waals surface area contributed by atoms with E-state index in [1.807, 2.05) is 27.7 Å². The minimum atomic E-state index is -0.887. The van der Waals surface area contributed by atoms with E-state index in [1.54, 1.807) is 12.1 Å². The second kappa shape index (κ2) is 11.0. The lowest BCUT2D eigenvalue weighted by Crippen LogP contribution is -2.40. The zero-order valence-electron chi connectivity index (χ0n) is 14.2. The van der Waals surface area contributed by atoms with E-state index in [9.17, 15) is 8.60 Å². The van der Waals surface area contributed by atoms with Crippen LogP contribution in [0.1, 0.15) is 33.3 Å². The molecular weight excluding hydrogens is 428 g/mol. The lowest BCUT2D eigenvalue weighted by Gasteiger charge is -2.18. The molecule has 0 aliphatic carbocycles. The van der Waals surface area contributed by atoms with Crippen molar-refractivity contribution in [1.29, 1.82) is 0 Å². The van der Waals surface area contributed by atoms with E-state index < -0.39 is 10.8 Å². The second-order valence-corrected chi connectivity index (χ2v) is 8.23. The van der Waals surface area contributed by atoms with Gasteiger partial charge in [0.1, 0.15) is 5.82 Å². The third-order valence-corrected chi connectivity index (χ3v) is 4.88. The molecule has 2 N–H and O–H groups in total. The van der Waals surface area contributed by atoms with Gasteiger partial charge in [-0.3, -0.25) is 4.21 Å². The molecule has 0 amide bonds. The van der Waals surface area contributed by atoms with Crippen molar-refractivity contribution in [2.24, 2.45) is 4.99 Å². The third kappa shape index (κ3) is 9.24. The standard InChI is InChI=1S/C16H26FN3OS.HI/c1-5-18-15(19-10-11-22(21)16(2,3)4)20-12-13-6-8-14(17)9-7-13;/h6-9H,5,10-12H2,1-4H3,(H2,18,19,20);1H. The highest BCUT2D eigenvalue weighted by Gasteiger charge is 2.18. The second-order valence-electron chi connectivity index (χ2n) is 5.91. The Kier molecular flexibility index (Phi) is 10.6. The summed E-state index contributed by atoms with van der Waals surface area (Å²) in [5.41, 5.74) is 0.942. The van der Waals surface area contributed by atoms with Crippen molar-refractivity contribution >= 4 is 40.7 Å². The van der Waals surface area contributed by atoms with E-state index in [0.717, 1.165) is 12.1 Å². The molecule has 0 radical (unpaired) electrons. The zero-order valence-corrected chi connectivity index (χ0v) is 17.3. The molecule has 7 heteroatoms. The molecule has 1 atom stereocenters. The maximum atomic E-state index is 12.9. The molecule has 0 fully saturated rings. The summed E-state index contributed by atoms with van der Waals surface area (Å²) in [5, 5.41) is 6.32. The summed E-state index contributed by atoms with van der Waals surface area (Å²) in [6.07, 6.45) is 0. The van der Waals surface area contributed by atoms with Gasteiger partial charge >= 0.3 is 0 Å². The quantitative estimate of drug-likeness (QED) is 0.394. The Labute approximate surface area is 158 Å². The molecule has 0 heterocycles. The number of rotatable bonds is 6. The van der Waals surface area contributed by atoms with Crippen molar-refractivity contribution in [3.63, 3.8) is 0 Å². The fraction of sp³-hybridized carbons (Fsp3) is 0.562. The summed E-state index contributed by atoms with van der Waals surface area (Å²) in [6, 6.07) is 6.30. The number of aliphatic imine (C=N–C) groups is 1. The molecule has 1 rings (SSSR count). The van der Waals surface area contributed by atoms with Crippen molar-refractivity contribution in [3.05, 3.63) is 35.6 Å². The largest absolute Gasteiger partial charge is 0.357 e. The number of nitrogens with zero attached hydrogens (tertiary/aromatic N) is 1. The van der Waals surface area contributed by atoms with E-state index in [1.165, 1.54) is 12.1 Å². The molecule has 0 saturated carbocycles. The highest BCUT2D eigenvalue weighted by Crippen LogP contribution is 2.10. The van der Waals surface area contributed by atoms with E-state index in [4.69, 9.17) is 0 Å². The van der Waals surface area contributed by atoms with E-state index in [-0.39, 0.29) is 34.5 Å². The molecule has 4 nitrogen and oxygen atoms in total. The monoisotopic (exact) mass is 455 g/mol. The van der Waals surface area contributed by atoms with Crippen molar-refractivity contribution in [1.82, 2.24) is 10.6 Å². The van der Waals surface area contributed by atoms with Crippen LogP contribution < -0.4 is 10.6 Å². The smallest absolute Gasteiger partial charge is 0.191 e. The third-order valence-electron chi connectivity index (χ3n) is 2.94. The minimum Gasteiger partial charge on any atom is -0.357 e. The van der Waals surface area contributed by atoms with Crippen LogP contribution in [0.5, 0.6) is 0 Å². The van der Waals surface area contributed by atoms with E-state index in [0.29, 0.717) is 24.8 Å². The summed E-state index contributed by atoms with van der Waals surface area (Å²) in [7, 11) is -0.887. The molecule has 0 aromatic heterocycles. The Morgan fingerprint density at radius 3 is 2.35 bits per heavy atom. The molecule has 0 saturated heterocycles. The number of hydrogen-bond donors (Lipinski definition) is 2. The molecule has 1 aromatic rings. The molecular formula is C16H27FIN3OS. The predicted molar refractivity (Wildman–Crippen MR) is 107 cm³/mol. The summed E-state index contributed by atoms with van der Waals surface area (Å²) in [4.78, 5) is 4.45. The maximum Gasteiger partial charge on any atom is 0.191 e. The molecule has 0 aliphatic heterocycles. The summed E-state index contributed by atoms with van der Waals surface area (Å²) >= 11 is 0. The van der Waals surface area contributed by atoms with Gasteiger partial charge in [0.25, 0.3) is 0 Å². The number of benzene rings is 1. The van der Waals surface area contributed by atoms with Gasteiger partial charge in [-0.05, 0) is 45.4 Å². The number of hydrogen-bond acceptors (Lipinski definition) is 2. The highest BCUT2D eigenvalue weighted by molar-refractivity contribution is 14.0. The van der Waals surface area contributed by atoms with Gasteiger partial charge in [-0.2, -0.15) is 0 Å². The van der Waals surface area contributed by atoms with Gasteiger partial charge in [0, 0.05) is 34.4 Å². The van der Waals surface area contributed by atoms with Crippen LogP contribution >= 0.6 is 24.0 Å². The van der Waals surface area contributed by atoms with Gasteiger partial charge in [0.05, 0.1) is 6.54 Å². The van der Waals surface area contributed by atoms with Gasteiger partial charge in [-0.15, -0.1) is 24.0 Å². The lowest BCUT2D eigenvalue weighted by atomic mass is 10.2. The number of halogens is 2. The maximum absolute atomic E-state index is 12.9. The Morgan fingerprint density at radius 2 is 1.83 bits per heavy atom. The molecule has 23 heavy (non-hydrogen) atoms. The summed E-state index contributed by atoms with van der Waals surface area (Å²) in [5.74, 6) is 1.00. The Morgan fingerprint density at radius 1 is 1.22 bits per heavy atom. The molecule has 0 aliphatic rings. The van der Waals surface area contributed by atoms with Crippen LogP contribution in [0.4, 0.5) is 4.39 Å². The van der Waals surface area contributed by atoms with E-state index in [2.05, 4.69) is 15.6 Å². The lowest BCUT2D eigenvalue weighted by molar-refractivity contribution is 0.627. The molecule has 0 bridgehead atoms. The first kappa shape index (κ1) is 22.3. The van der Waals surface area contributed by atoms with Crippen molar-refractivity contribution in [2.75, 3.05) is 18.8 Å². The number of nitrogens with one attached hydrogen (secondary N) is 2. The average Bonchev–Trinajstić information content (AvgIpc) is 2.45. The van der Waals surface area contributed by atoms with Crippen LogP contribution in [-0.2, 0) is 17.3 Å². The first-order valence-corrected chi connectivity index (χ1v) is 8.80.